The standard InChI is InChI=1S/C13H18N6O/c1-9-5-18-6-11(3-4-12(18)16-9)17-13(20)10(2)19-8-14-7-15-19/h5,7-8,10-11H,3-4,6H2,1-2H3,(H,17,20)/t10-,11-/m1/s1. The van der Waals surface area contributed by atoms with Gasteiger partial charge in [0.05, 0.1) is 5.69 Å². The summed E-state index contributed by atoms with van der Waals surface area (Å²) in [6.45, 7) is 4.59. The second kappa shape index (κ2) is 5.07. The quantitative estimate of drug-likeness (QED) is 0.883. The van der Waals surface area contributed by atoms with Crippen LogP contribution in [0.15, 0.2) is 18.9 Å². The lowest BCUT2D eigenvalue weighted by atomic mass is 10.1. The molecule has 1 aliphatic heterocycles. The molecule has 0 aliphatic carbocycles. The predicted molar refractivity (Wildman–Crippen MR) is 71.9 cm³/mol. The minimum Gasteiger partial charge on any atom is -0.350 e. The molecule has 1 N–H and O–H groups in total. The Morgan fingerprint density at radius 3 is 3.15 bits per heavy atom. The van der Waals surface area contributed by atoms with E-state index in [1.807, 2.05) is 20.0 Å². The maximum atomic E-state index is 12.2. The Kier molecular flexibility index (Phi) is 3.25. The molecule has 7 heteroatoms. The highest BCUT2D eigenvalue weighted by Gasteiger charge is 2.24. The summed E-state index contributed by atoms with van der Waals surface area (Å²) in [6.07, 6.45) is 6.85. The van der Waals surface area contributed by atoms with Crippen LogP contribution in [-0.2, 0) is 17.8 Å². The molecule has 1 aliphatic rings. The zero-order chi connectivity index (χ0) is 14.1. The molecule has 2 aromatic heterocycles. The summed E-state index contributed by atoms with van der Waals surface area (Å²) >= 11 is 0. The van der Waals surface area contributed by atoms with E-state index < -0.39 is 0 Å². The zero-order valence-electron chi connectivity index (χ0n) is 11.7. The number of nitrogens with zero attached hydrogens (tertiary/aromatic N) is 5. The van der Waals surface area contributed by atoms with Crippen LogP contribution < -0.4 is 5.32 Å². The number of aryl methyl sites for hydroxylation is 2. The van der Waals surface area contributed by atoms with E-state index in [1.54, 1.807) is 11.0 Å². The molecule has 106 valence electrons. The van der Waals surface area contributed by atoms with Gasteiger partial charge in [-0.1, -0.05) is 0 Å². The first-order valence-electron chi connectivity index (χ1n) is 6.80. The lowest BCUT2D eigenvalue weighted by molar-refractivity contribution is -0.125. The van der Waals surface area contributed by atoms with Crippen molar-refractivity contribution in [1.29, 1.82) is 0 Å². The van der Waals surface area contributed by atoms with Crippen molar-refractivity contribution in [2.24, 2.45) is 0 Å². The number of hydrogen-bond acceptors (Lipinski definition) is 4. The number of hydrogen-bond donors (Lipinski definition) is 1. The molecule has 0 spiro atoms. The van der Waals surface area contributed by atoms with Crippen molar-refractivity contribution in [2.45, 2.75) is 45.3 Å². The van der Waals surface area contributed by atoms with Crippen molar-refractivity contribution in [3.63, 3.8) is 0 Å². The van der Waals surface area contributed by atoms with E-state index in [0.29, 0.717) is 0 Å². The van der Waals surface area contributed by atoms with Crippen LogP contribution in [0.2, 0.25) is 0 Å². The van der Waals surface area contributed by atoms with Crippen molar-refractivity contribution in [3.05, 3.63) is 30.4 Å². The summed E-state index contributed by atoms with van der Waals surface area (Å²) in [6, 6.07) is -0.196. The first kappa shape index (κ1) is 12.8. The Morgan fingerprint density at radius 1 is 1.55 bits per heavy atom. The monoisotopic (exact) mass is 274 g/mol. The van der Waals surface area contributed by atoms with Gasteiger partial charge in [-0.25, -0.2) is 14.6 Å². The Bertz CT molecular complexity index is 602. The molecule has 7 nitrogen and oxygen atoms in total. The average Bonchev–Trinajstić information content (AvgIpc) is 3.05. The highest BCUT2D eigenvalue weighted by molar-refractivity contribution is 5.80. The number of carbonyl (C=O) groups excluding carboxylic acids is 1. The molecule has 0 saturated carbocycles. The molecular weight excluding hydrogens is 256 g/mol. The maximum Gasteiger partial charge on any atom is 0.244 e. The van der Waals surface area contributed by atoms with Crippen molar-refractivity contribution >= 4 is 5.91 Å². The van der Waals surface area contributed by atoms with Gasteiger partial charge in [0.15, 0.2) is 0 Å². The van der Waals surface area contributed by atoms with Crippen molar-refractivity contribution in [3.8, 4) is 0 Å². The van der Waals surface area contributed by atoms with Gasteiger partial charge in [0, 0.05) is 25.2 Å². The molecule has 0 aromatic carbocycles. The number of amides is 1. The smallest absolute Gasteiger partial charge is 0.244 e. The SMILES string of the molecule is Cc1cn2c(n1)CC[C@@H](NC(=O)[C@@H](C)n1cncn1)C2. The van der Waals surface area contributed by atoms with Crippen LogP contribution in [0, 0.1) is 6.92 Å². The molecule has 0 unspecified atom stereocenters. The predicted octanol–water partition coefficient (Wildman–Crippen LogP) is 0.475. The minimum atomic E-state index is -0.344. The van der Waals surface area contributed by atoms with E-state index in [0.717, 1.165) is 30.9 Å². The number of carbonyl (C=O) groups is 1. The highest BCUT2D eigenvalue weighted by Crippen LogP contribution is 2.15. The molecule has 2 atom stereocenters. The van der Waals surface area contributed by atoms with E-state index >= 15 is 0 Å². The fourth-order valence-corrected chi connectivity index (χ4v) is 2.56. The van der Waals surface area contributed by atoms with Crippen LogP contribution in [0.1, 0.15) is 30.9 Å². The second-order valence-corrected chi connectivity index (χ2v) is 5.25. The summed E-state index contributed by atoms with van der Waals surface area (Å²) in [5.74, 6) is 1.08. The van der Waals surface area contributed by atoms with Crippen molar-refractivity contribution < 1.29 is 4.79 Å². The minimum absolute atomic E-state index is 0.0270. The van der Waals surface area contributed by atoms with Gasteiger partial charge in [-0.2, -0.15) is 5.10 Å². The Labute approximate surface area is 117 Å². The second-order valence-electron chi connectivity index (χ2n) is 5.25. The van der Waals surface area contributed by atoms with Gasteiger partial charge < -0.3 is 9.88 Å². The number of aromatic nitrogens is 5. The fourth-order valence-electron chi connectivity index (χ4n) is 2.56. The van der Waals surface area contributed by atoms with Gasteiger partial charge in [-0.05, 0) is 20.3 Å². The molecule has 0 radical (unpaired) electrons. The van der Waals surface area contributed by atoms with Crippen LogP contribution in [-0.4, -0.2) is 36.3 Å². The fraction of sp³-hybridized carbons (Fsp3) is 0.538. The van der Waals surface area contributed by atoms with E-state index in [-0.39, 0.29) is 18.0 Å². The summed E-state index contributed by atoms with van der Waals surface area (Å²) in [7, 11) is 0. The number of rotatable bonds is 3. The highest BCUT2D eigenvalue weighted by atomic mass is 16.2. The largest absolute Gasteiger partial charge is 0.350 e. The van der Waals surface area contributed by atoms with Crippen LogP contribution >= 0.6 is 0 Å². The molecule has 20 heavy (non-hydrogen) atoms. The van der Waals surface area contributed by atoms with Gasteiger partial charge in [0.25, 0.3) is 0 Å². The van der Waals surface area contributed by atoms with E-state index in [4.69, 9.17) is 0 Å². The summed E-state index contributed by atoms with van der Waals surface area (Å²) in [4.78, 5) is 20.5. The van der Waals surface area contributed by atoms with Gasteiger partial charge >= 0.3 is 0 Å². The molecule has 1 amide bonds. The summed E-state index contributed by atoms with van der Waals surface area (Å²) < 4.78 is 3.69. The first-order valence-corrected chi connectivity index (χ1v) is 6.80. The van der Waals surface area contributed by atoms with Crippen molar-refractivity contribution in [1.82, 2.24) is 29.6 Å². The van der Waals surface area contributed by atoms with E-state index in [9.17, 15) is 4.79 Å². The van der Waals surface area contributed by atoms with Crippen LogP contribution in [0.3, 0.4) is 0 Å². The molecule has 2 aromatic rings. The molecule has 0 bridgehead atoms. The molecule has 3 heterocycles. The Morgan fingerprint density at radius 2 is 2.40 bits per heavy atom. The zero-order valence-corrected chi connectivity index (χ0v) is 11.7. The topological polar surface area (TPSA) is 77.6 Å². The first-order chi connectivity index (χ1) is 9.63. The van der Waals surface area contributed by atoms with Crippen LogP contribution in [0.4, 0.5) is 0 Å². The lowest BCUT2D eigenvalue weighted by Crippen LogP contribution is -2.43. The molecule has 3 rings (SSSR count). The number of imidazole rings is 1. The maximum absolute atomic E-state index is 12.2. The molecular formula is C13H18N6O. The van der Waals surface area contributed by atoms with Gasteiger partial charge in [-0.3, -0.25) is 4.79 Å². The lowest BCUT2D eigenvalue weighted by Gasteiger charge is -2.26. The molecule has 0 fully saturated rings. The van der Waals surface area contributed by atoms with E-state index in [2.05, 4.69) is 25.0 Å². The Balaban J connectivity index is 1.63. The van der Waals surface area contributed by atoms with Crippen molar-refractivity contribution in [2.75, 3.05) is 0 Å². The third kappa shape index (κ3) is 2.43. The molecule has 0 saturated heterocycles. The number of fused-ring (bicyclic) bond motifs is 1. The van der Waals surface area contributed by atoms with Gasteiger partial charge in [0.2, 0.25) is 5.91 Å². The van der Waals surface area contributed by atoms with E-state index in [1.165, 1.54) is 6.33 Å². The normalized spacial score (nSPS) is 19.4. The number of nitrogens with one attached hydrogen (secondary N) is 1. The summed E-state index contributed by atoms with van der Waals surface area (Å²) in [5, 5.41) is 7.08. The Hall–Kier alpha value is -2.18. The third-order valence-corrected chi connectivity index (χ3v) is 3.67. The summed E-state index contributed by atoms with van der Waals surface area (Å²) in [5.41, 5.74) is 1.03. The average molecular weight is 274 g/mol. The van der Waals surface area contributed by atoms with Crippen LogP contribution in [0.5, 0.6) is 0 Å². The third-order valence-electron chi connectivity index (χ3n) is 3.67. The van der Waals surface area contributed by atoms with Gasteiger partial charge in [-0.15, -0.1) is 0 Å². The van der Waals surface area contributed by atoms with Gasteiger partial charge in [0.1, 0.15) is 24.5 Å². The van der Waals surface area contributed by atoms with Crippen LogP contribution in [0.25, 0.3) is 0 Å².